The molecule has 17 heavy (non-hydrogen) atoms. The minimum absolute atomic E-state index is 0.172. The Morgan fingerprint density at radius 1 is 1.18 bits per heavy atom. The van der Waals surface area contributed by atoms with Crippen LogP contribution >= 0.6 is 27.5 Å². The van der Waals surface area contributed by atoms with Crippen LogP contribution in [0.3, 0.4) is 0 Å². The molecule has 0 aliphatic carbocycles. The van der Waals surface area contributed by atoms with Crippen LogP contribution in [0.15, 0.2) is 46.9 Å². The number of halogens is 3. The average molecular weight is 316 g/mol. The summed E-state index contributed by atoms with van der Waals surface area (Å²) in [4.78, 5) is 0. The number of rotatable bonds is 3. The van der Waals surface area contributed by atoms with Crippen molar-refractivity contribution >= 4 is 27.5 Å². The lowest BCUT2D eigenvalue weighted by Gasteiger charge is -2.08. The molecule has 0 heterocycles. The van der Waals surface area contributed by atoms with Gasteiger partial charge in [0.15, 0.2) is 0 Å². The maximum Gasteiger partial charge on any atom is 0.133 e. The van der Waals surface area contributed by atoms with E-state index in [1.165, 1.54) is 6.07 Å². The summed E-state index contributed by atoms with van der Waals surface area (Å²) in [7, 11) is 0. The Balaban J connectivity index is 2.10. The molecule has 4 heteroatoms. The minimum atomic E-state index is -0.357. The molecule has 0 N–H and O–H groups in total. The van der Waals surface area contributed by atoms with Gasteiger partial charge >= 0.3 is 0 Å². The van der Waals surface area contributed by atoms with Crippen molar-refractivity contribution in [1.82, 2.24) is 0 Å². The summed E-state index contributed by atoms with van der Waals surface area (Å²) < 4.78 is 19.8. The summed E-state index contributed by atoms with van der Waals surface area (Å²) in [6.45, 7) is 0.172. The second-order valence-corrected chi connectivity index (χ2v) is 4.75. The summed E-state index contributed by atoms with van der Waals surface area (Å²) in [5.74, 6) is 0.325. The van der Waals surface area contributed by atoms with Gasteiger partial charge in [-0.2, -0.15) is 0 Å². The van der Waals surface area contributed by atoms with Gasteiger partial charge in [0.2, 0.25) is 0 Å². The molecule has 0 bridgehead atoms. The van der Waals surface area contributed by atoms with Gasteiger partial charge in [-0.1, -0.05) is 29.8 Å². The summed E-state index contributed by atoms with van der Waals surface area (Å²) in [5.41, 5.74) is 0.477. The highest BCUT2D eigenvalue weighted by molar-refractivity contribution is 9.10. The fourth-order valence-corrected chi connectivity index (χ4v) is 1.91. The van der Waals surface area contributed by atoms with Gasteiger partial charge in [0, 0.05) is 10.6 Å². The Morgan fingerprint density at radius 2 is 1.94 bits per heavy atom. The van der Waals surface area contributed by atoms with E-state index in [4.69, 9.17) is 16.3 Å². The third kappa shape index (κ3) is 3.20. The van der Waals surface area contributed by atoms with E-state index < -0.39 is 0 Å². The molecule has 0 saturated carbocycles. The van der Waals surface area contributed by atoms with Crippen molar-refractivity contribution < 1.29 is 9.13 Å². The number of hydrogen-bond donors (Lipinski definition) is 0. The lowest BCUT2D eigenvalue weighted by Crippen LogP contribution is -1.98. The molecule has 0 spiro atoms. The smallest absolute Gasteiger partial charge is 0.133 e. The maximum atomic E-state index is 13.5. The number of benzene rings is 2. The van der Waals surface area contributed by atoms with Crippen LogP contribution in [0.5, 0.6) is 5.75 Å². The molecule has 0 fully saturated rings. The second kappa shape index (κ2) is 5.52. The van der Waals surface area contributed by atoms with Crippen LogP contribution in [0, 0.1) is 5.82 Å². The standard InChI is InChI=1S/C13H9BrClFO/c14-11-3-1-2-4-13(11)17-8-9-5-6-10(15)7-12(9)16/h1-7H,8H2. The number of para-hydroxylation sites is 1. The molecule has 0 amide bonds. The van der Waals surface area contributed by atoms with Crippen LogP contribution in [-0.4, -0.2) is 0 Å². The average Bonchev–Trinajstić information content (AvgIpc) is 2.30. The molecule has 88 valence electrons. The molecule has 0 unspecified atom stereocenters. The van der Waals surface area contributed by atoms with Crippen LogP contribution in [0.4, 0.5) is 4.39 Å². The third-order valence-electron chi connectivity index (χ3n) is 2.23. The maximum absolute atomic E-state index is 13.5. The zero-order valence-electron chi connectivity index (χ0n) is 8.79. The molecule has 0 aliphatic rings. The summed E-state index contributed by atoms with van der Waals surface area (Å²) in [6, 6.07) is 12.0. The van der Waals surface area contributed by atoms with E-state index in [0.29, 0.717) is 16.3 Å². The van der Waals surface area contributed by atoms with E-state index in [-0.39, 0.29) is 12.4 Å². The van der Waals surface area contributed by atoms with Crippen molar-refractivity contribution in [1.29, 1.82) is 0 Å². The number of hydrogen-bond acceptors (Lipinski definition) is 1. The monoisotopic (exact) mass is 314 g/mol. The van der Waals surface area contributed by atoms with Crippen LogP contribution in [0.1, 0.15) is 5.56 Å². The van der Waals surface area contributed by atoms with Crippen LogP contribution in [0.25, 0.3) is 0 Å². The van der Waals surface area contributed by atoms with Gasteiger partial charge in [0.25, 0.3) is 0 Å². The fraction of sp³-hybridized carbons (Fsp3) is 0.0769. The van der Waals surface area contributed by atoms with Crippen LogP contribution < -0.4 is 4.74 Å². The highest BCUT2D eigenvalue weighted by Gasteiger charge is 2.05. The molecule has 2 rings (SSSR count). The van der Waals surface area contributed by atoms with Gasteiger partial charge < -0.3 is 4.74 Å². The molecule has 0 aromatic heterocycles. The first-order valence-electron chi connectivity index (χ1n) is 4.98. The molecule has 0 radical (unpaired) electrons. The predicted molar refractivity (Wildman–Crippen MR) is 69.9 cm³/mol. The third-order valence-corrected chi connectivity index (χ3v) is 3.13. The van der Waals surface area contributed by atoms with Crippen molar-refractivity contribution in [2.45, 2.75) is 6.61 Å². The SMILES string of the molecule is Fc1cc(Cl)ccc1COc1ccccc1Br. The van der Waals surface area contributed by atoms with Gasteiger partial charge in [0.05, 0.1) is 4.47 Å². The molecule has 0 atom stereocenters. The Morgan fingerprint density at radius 3 is 2.65 bits per heavy atom. The van der Waals surface area contributed by atoms with Crippen molar-refractivity contribution in [3.05, 3.63) is 63.3 Å². The Labute approximate surface area is 112 Å². The summed E-state index contributed by atoms with van der Waals surface area (Å²) in [6.07, 6.45) is 0. The number of ether oxygens (including phenoxy) is 1. The highest BCUT2D eigenvalue weighted by Crippen LogP contribution is 2.25. The Kier molecular flexibility index (Phi) is 4.02. The Bertz CT molecular complexity index is 531. The lowest BCUT2D eigenvalue weighted by atomic mass is 10.2. The van der Waals surface area contributed by atoms with E-state index in [1.807, 2.05) is 24.3 Å². The van der Waals surface area contributed by atoms with Gasteiger partial charge in [-0.3, -0.25) is 0 Å². The van der Waals surface area contributed by atoms with E-state index in [1.54, 1.807) is 12.1 Å². The van der Waals surface area contributed by atoms with Crippen molar-refractivity contribution in [2.75, 3.05) is 0 Å². The Hall–Kier alpha value is -1.06. The van der Waals surface area contributed by atoms with Gasteiger partial charge in [-0.15, -0.1) is 0 Å². The van der Waals surface area contributed by atoms with E-state index in [2.05, 4.69) is 15.9 Å². The highest BCUT2D eigenvalue weighted by atomic mass is 79.9. The molecule has 0 aliphatic heterocycles. The lowest BCUT2D eigenvalue weighted by molar-refractivity contribution is 0.298. The van der Waals surface area contributed by atoms with Crippen LogP contribution in [-0.2, 0) is 6.61 Å². The van der Waals surface area contributed by atoms with E-state index in [0.717, 1.165) is 4.47 Å². The first kappa shape index (κ1) is 12.4. The fourth-order valence-electron chi connectivity index (χ4n) is 1.36. The largest absolute Gasteiger partial charge is 0.488 e. The van der Waals surface area contributed by atoms with Gasteiger partial charge in [0.1, 0.15) is 18.2 Å². The molecule has 0 saturated heterocycles. The topological polar surface area (TPSA) is 9.23 Å². The normalized spacial score (nSPS) is 10.3. The minimum Gasteiger partial charge on any atom is -0.488 e. The van der Waals surface area contributed by atoms with Crippen molar-refractivity contribution in [2.24, 2.45) is 0 Å². The van der Waals surface area contributed by atoms with Crippen molar-refractivity contribution in [3.63, 3.8) is 0 Å². The molecular formula is C13H9BrClFO. The zero-order valence-corrected chi connectivity index (χ0v) is 11.1. The molecular weight excluding hydrogens is 306 g/mol. The van der Waals surface area contributed by atoms with E-state index >= 15 is 0 Å². The molecule has 2 aromatic carbocycles. The van der Waals surface area contributed by atoms with Crippen LogP contribution in [0.2, 0.25) is 5.02 Å². The predicted octanol–water partition coefficient (Wildman–Crippen LogP) is 4.82. The van der Waals surface area contributed by atoms with Crippen molar-refractivity contribution in [3.8, 4) is 5.75 Å². The van der Waals surface area contributed by atoms with Gasteiger partial charge in [-0.25, -0.2) is 4.39 Å². The quantitative estimate of drug-likeness (QED) is 0.789. The summed E-state index contributed by atoms with van der Waals surface area (Å²) in [5, 5.41) is 0.382. The second-order valence-electron chi connectivity index (χ2n) is 3.45. The zero-order chi connectivity index (χ0) is 12.3. The molecule has 1 nitrogen and oxygen atoms in total. The van der Waals surface area contributed by atoms with E-state index in [9.17, 15) is 4.39 Å². The first-order chi connectivity index (χ1) is 8.16. The summed E-state index contributed by atoms with van der Waals surface area (Å²) >= 11 is 9.03. The first-order valence-corrected chi connectivity index (χ1v) is 6.15. The molecule has 2 aromatic rings. The van der Waals surface area contributed by atoms with Gasteiger partial charge in [-0.05, 0) is 40.2 Å².